The monoisotopic (exact) mass is 233 g/mol. The van der Waals surface area contributed by atoms with Crippen LogP contribution < -0.4 is 10.6 Å². The van der Waals surface area contributed by atoms with E-state index in [1.54, 1.807) is 12.4 Å². The largest absolute Gasteiger partial charge is 0.382 e. The van der Waals surface area contributed by atoms with Gasteiger partial charge in [-0.1, -0.05) is 13.8 Å². The lowest BCUT2D eigenvalue weighted by molar-refractivity contribution is 0.279. The van der Waals surface area contributed by atoms with Crippen molar-refractivity contribution in [3.63, 3.8) is 0 Å². The Morgan fingerprint density at radius 1 is 1.29 bits per heavy atom. The molecule has 0 unspecified atom stereocenters. The lowest BCUT2D eigenvalue weighted by atomic mass is 9.82. The molecule has 0 aromatic carbocycles. The minimum atomic E-state index is -0.0158. The molecule has 5 heteroatoms. The predicted octanol–water partition coefficient (Wildman–Crippen LogP) is 1.39. The molecule has 2 rings (SSSR count). The smallest absolute Gasteiger partial charge is 0.158 e. The molecule has 2 heterocycles. The van der Waals surface area contributed by atoms with Gasteiger partial charge in [-0.2, -0.15) is 0 Å². The van der Waals surface area contributed by atoms with Crippen molar-refractivity contribution in [3.05, 3.63) is 18.1 Å². The summed E-state index contributed by atoms with van der Waals surface area (Å²) in [6, 6.07) is 0. The maximum Gasteiger partial charge on any atom is 0.158 e. The van der Waals surface area contributed by atoms with Gasteiger partial charge in [-0.05, 0) is 18.3 Å². The molecule has 0 atom stereocenters. The van der Waals surface area contributed by atoms with Gasteiger partial charge in [0.1, 0.15) is 11.5 Å². The first-order valence-corrected chi connectivity index (χ1v) is 5.90. The summed E-state index contributed by atoms with van der Waals surface area (Å²) in [4.78, 5) is 10.6. The van der Waals surface area contributed by atoms with Gasteiger partial charge in [-0.15, -0.1) is 0 Å². The number of nitrogen functional groups attached to an aromatic ring is 1. The fourth-order valence-corrected chi connectivity index (χ4v) is 2.08. The Bertz CT molecular complexity index is 417. The molecule has 17 heavy (non-hydrogen) atoms. The van der Waals surface area contributed by atoms with Gasteiger partial charge in [0.15, 0.2) is 5.82 Å². The average Bonchev–Trinajstić information content (AvgIpc) is 2.29. The summed E-state index contributed by atoms with van der Waals surface area (Å²) >= 11 is 0. The summed E-state index contributed by atoms with van der Waals surface area (Å²) in [5.41, 5.74) is 6.42. The van der Waals surface area contributed by atoms with Crippen molar-refractivity contribution in [1.29, 1.82) is 5.41 Å². The highest BCUT2D eigenvalue weighted by Crippen LogP contribution is 2.31. The zero-order chi connectivity index (χ0) is 12.5. The first kappa shape index (κ1) is 11.8. The highest BCUT2D eigenvalue weighted by Gasteiger charge is 2.27. The predicted molar refractivity (Wildman–Crippen MR) is 68.3 cm³/mol. The van der Waals surface area contributed by atoms with E-state index in [0.717, 1.165) is 31.7 Å². The molecule has 92 valence electrons. The molecular weight excluding hydrogens is 214 g/mol. The molecule has 1 aromatic heterocycles. The summed E-state index contributed by atoms with van der Waals surface area (Å²) in [5.74, 6) is 0.730. The molecule has 1 fully saturated rings. The lowest BCUT2D eigenvalue weighted by Gasteiger charge is -2.37. The number of anilines is 1. The number of amidine groups is 1. The van der Waals surface area contributed by atoms with E-state index in [1.165, 1.54) is 0 Å². The van der Waals surface area contributed by atoms with E-state index in [2.05, 4.69) is 28.7 Å². The Morgan fingerprint density at radius 3 is 2.47 bits per heavy atom. The van der Waals surface area contributed by atoms with Crippen LogP contribution in [0.2, 0.25) is 0 Å². The summed E-state index contributed by atoms with van der Waals surface area (Å²) in [6.07, 6.45) is 5.48. The number of aromatic nitrogens is 2. The number of nitrogens with one attached hydrogen (secondary N) is 1. The molecule has 0 bridgehead atoms. The molecule has 0 amide bonds. The normalized spacial score (nSPS) is 19.1. The molecule has 0 spiro atoms. The van der Waals surface area contributed by atoms with Crippen LogP contribution in [0.15, 0.2) is 12.4 Å². The Kier molecular flexibility index (Phi) is 3.00. The van der Waals surface area contributed by atoms with Gasteiger partial charge < -0.3 is 10.6 Å². The Morgan fingerprint density at radius 2 is 1.88 bits per heavy atom. The Hall–Kier alpha value is -1.65. The maximum atomic E-state index is 7.52. The lowest BCUT2D eigenvalue weighted by Crippen LogP contribution is -2.39. The van der Waals surface area contributed by atoms with E-state index < -0.39 is 0 Å². The summed E-state index contributed by atoms with van der Waals surface area (Å²) in [6.45, 7) is 6.47. The minimum absolute atomic E-state index is 0.0158. The van der Waals surface area contributed by atoms with Crippen molar-refractivity contribution in [2.75, 3.05) is 18.0 Å². The molecule has 0 radical (unpaired) electrons. The van der Waals surface area contributed by atoms with E-state index in [-0.39, 0.29) is 5.84 Å². The minimum Gasteiger partial charge on any atom is -0.382 e. The van der Waals surface area contributed by atoms with E-state index in [1.807, 2.05) is 0 Å². The highest BCUT2D eigenvalue weighted by molar-refractivity contribution is 5.97. The van der Waals surface area contributed by atoms with Crippen LogP contribution in [0.4, 0.5) is 5.82 Å². The van der Waals surface area contributed by atoms with Gasteiger partial charge in [-0.3, -0.25) is 5.41 Å². The van der Waals surface area contributed by atoms with Crippen molar-refractivity contribution in [1.82, 2.24) is 9.97 Å². The fourth-order valence-electron chi connectivity index (χ4n) is 2.08. The summed E-state index contributed by atoms with van der Waals surface area (Å²) in [5, 5.41) is 7.52. The SMILES string of the molecule is CC1(C)CCN(c2nccnc2C(=N)N)CC1. The van der Waals surface area contributed by atoms with Crippen LogP contribution in [0.1, 0.15) is 32.4 Å². The standard InChI is InChI=1S/C12H19N5/c1-12(2)3-7-17(8-4-12)11-9(10(13)14)15-5-6-16-11/h5-6H,3-4,7-8H2,1-2H3,(H3,13,14). The number of nitrogens with zero attached hydrogens (tertiary/aromatic N) is 3. The second-order valence-electron chi connectivity index (χ2n) is 5.29. The van der Waals surface area contributed by atoms with Gasteiger partial charge in [0, 0.05) is 25.5 Å². The molecule has 0 aliphatic carbocycles. The van der Waals surface area contributed by atoms with E-state index in [4.69, 9.17) is 11.1 Å². The fraction of sp³-hybridized carbons (Fsp3) is 0.583. The summed E-state index contributed by atoms with van der Waals surface area (Å²) in [7, 11) is 0. The second kappa shape index (κ2) is 4.31. The molecular formula is C12H19N5. The topological polar surface area (TPSA) is 78.9 Å². The van der Waals surface area contributed by atoms with Gasteiger partial charge >= 0.3 is 0 Å². The molecule has 5 nitrogen and oxygen atoms in total. The third-order valence-corrected chi connectivity index (χ3v) is 3.35. The first-order valence-electron chi connectivity index (χ1n) is 5.90. The van der Waals surface area contributed by atoms with Crippen LogP contribution in [0, 0.1) is 10.8 Å². The van der Waals surface area contributed by atoms with Crippen molar-refractivity contribution >= 4 is 11.7 Å². The Balaban J connectivity index is 2.21. The van der Waals surface area contributed by atoms with Crippen LogP contribution in [0.25, 0.3) is 0 Å². The molecule has 1 aliphatic rings. The van der Waals surface area contributed by atoms with Crippen LogP contribution in [0.3, 0.4) is 0 Å². The van der Waals surface area contributed by atoms with Crippen LogP contribution in [-0.2, 0) is 0 Å². The highest BCUT2D eigenvalue weighted by atomic mass is 15.2. The van der Waals surface area contributed by atoms with E-state index in [9.17, 15) is 0 Å². The van der Waals surface area contributed by atoms with E-state index >= 15 is 0 Å². The van der Waals surface area contributed by atoms with Crippen LogP contribution in [-0.4, -0.2) is 28.9 Å². The van der Waals surface area contributed by atoms with Gasteiger partial charge in [0.2, 0.25) is 0 Å². The molecule has 1 saturated heterocycles. The molecule has 1 aliphatic heterocycles. The van der Waals surface area contributed by atoms with Crippen molar-refractivity contribution in [2.24, 2.45) is 11.1 Å². The van der Waals surface area contributed by atoms with Crippen molar-refractivity contribution < 1.29 is 0 Å². The number of nitrogens with two attached hydrogens (primary N) is 1. The average molecular weight is 233 g/mol. The number of rotatable bonds is 2. The number of hydrogen-bond donors (Lipinski definition) is 2. The van der Waals surface area contributed by atoms with Gasteiger partial charge in [0.05, 0.1) is 0 Å². The zero-order valence-corrected chi connectivity index (χ0v) is 10.4. The first-order chi connectivity index (χ1) is 7.99. The second-order valence-corrected chi connectivity index (χ2v) is 5.29. The zero-order valence-electron chi connectivity index (χ0n) is 10.4. The third-order valence-electron chi connectivity index (χ3n) is 3.35. The van der Waals surface area contributed by atoms with Crippen molar-refractivity contribution in [2.45, 2.75) is 26.7 Å². The number of piperidine rings is 1. The molecule has 1 aromatic rings. The molecule has 0 saturated carbocycles. The maximum absolute atomic E-state index is 7.52. The Labute approximate surface area is 102 Å². The quantitative estimate of drug-likeness (QED) is 0.597. The number of hydrogen-bond acceptors (Lipinski definition) is 4. The van der Waals surface area contributed by atoms with Crippen LogP contribution >= 0.6 is 0 Å². The van der Waals surface area contributed by atoms with Gasteiger partial charge in [-0.25, -0.2) is 9.97 Å². The van der Waals surface area contributed by atoms with Crippen molar-refractivity contribution in [3.8, 4) is 0 Å². The molecule has 3 N–H and O–H groups in total. The van der Waals surface area contributed by atoms with Crippen LogP contribution in [0.5, 0.6) is 0 Å². The van der Waals surface area contributed by atoms with Gasteiger partial charge in [0.25, 0.3) is 0 Å². The third kappa shape index (κ3) is 2.54. The summed E-state index contributed by atoms with van der Waals surface area (Å²) < 4.78 is 0. The van der Waals surface area contributed by atoms with E-state index in [0.29, 0.717) is 11.1 Å².